The zero-order valence-electron chi connectivity index (χ0n) is 16.8. The molecule has 0 N–H and O–H groups in total. The number of benzene rings is 2. The van der Waals surface area contributed by atoms with Crippen LogP contribution in [0.3, 0.4) is 0 Å². The van der Waals surface area contributed by atoms with E-state index < -0.39 is 0 Å². The minimum absolute atomic E-state index is 0.148. The molecule has 0 bridgehead atoms. The maximum absolute atomic E-state index is 12.4. The molecule has 0 radical (unpaired) electrons. The van der Waals surface area contributed by atoms with Gasteiger partial charge in [-0.1, -0.05) is 55.8 Å². The number of pyridine rings is 1. The third-order valence-corrected chi connectivity index (χ3v) is 5.27. The lowest BCUT2D eigenvalue weighted by Gasteiger charge is -2.14. The van der Waals surface area contributed by atoms with Gasteiger partial charge in [0.15, 0.2) is 0 Å². The molecular weight excluding hydrogens is 384 g/mol. The number of aromatic nitrogens is 2. The van der Waals surface area contributed by atoms with Crippen molar-refractivity contribution in [2.75, 3.05) is 6.61 Å². The average Bonchev–Trinajstić information content (AvgIpc) is 3.01. The monoisotopic (exact) mass is 406 g/mol. The summed E-state index contributed by atoms with van der Waals surface area (Å²) >= 11 is 6.22. The number of ether oxygens (including phenoxy) is 1. The van der Waals surface area contributed by atoms with Gasteiger partial charge in [0.25, 0.3) is 0 Å². The molecule has 4 nitrogen and oxygen atoms in total. The maximum Gasteiger partial charge on any atom is 0.356 e. The molecule has 0 saturated carbocycles. The largest absolute Gasteiger partial charge is 0.461 e. The van der Waals surface area contributed by atoms with E-state index in [0.717, 1.165) is 38.1 Å². The highest BCUT2D eigenvalue weighted by atomic mass is 35.5. The summed E-state index contributed by atoms with van der Waals surface area (Å²) in [6.07, 6.45) is 0. The second-order valence-electron chi connectivity index (χ2n) is 7.40. The first-order valence-electron chi connectivity index (χ1n) is 9.83. The average molecular weight is 407 g/mol. The van der Waals surface area contributed by atoms with Crippen LogP contribution in [0.1, 0.15) is 48.4 Å². The van der Waals surface area contributed by atoms with Crippen molar-refractivity contribution in [1.82, 2.24) is 9.55 Å². The van der Waals surface area contributed by atoms with Gasteiger partial charge in [0.1, 0.15) is 5.69 Å². The van der Waals surface area contributed by atoms with Crippen LogP contribution in [-0.2, 0) is 11.3 Å². The fourth-order valence-corrected chi connectivity index (χ4v) is 4.01. The molecule has 0 atom stereocenters. The van der Waals surface area contributed by atoms with Gasteiger partial charge in [0, 0.05) is 27.9 Å². The first-order chi connectivity index (χ1) is 14.0. The molecule has 2 heterocycles. The Morgan fingerprint density at radius 1 is 1.10 bits per heavy atom. The Morgan fingerprint density at radius 3 is 2.62 bits per heavy atom. The molecule has 5 heteroatoms. The topological polar surface area (TPSA) is 44.1 Å². The molecule has 29 heavy (non-hydrogen) atoms. The van der Waals surface area contributed by atoms with Gasteiger partial charge in [-0.05, 0) is 42.7 Å². The van der Waals surface area contributed by atoms with Crippen LogP contribution in [0.15, 0.2) is 54.6 Å². The molecule has 0 amide bonds. The number of carbonyl (C=O) groups excluding carboxylic acids is 1. The molecule has 0 aliphatic rings. The highest BCUT2D eigenvalue weighted by Crippen LogP contribution is 2.34. The first kappa shape index (κ1) is 19.5. The molecule has 4 aromatic rings. The van der Waals surface area contributed by atoms with E-state index in [1.807, 2.05) is 36.4 Å². The Labute approximate surface area is 175 Å². The summed E-state index contributed by atoms with van der Waals surface area (Å²) in [5.74, 6) is -0.239. The van der Waals surface area contributed by atoms with Crippen LogP contribution in [0.5, 0.6) is 0 Å². The quantitative estimate of drug-likeness (QED) is 0.371. The molecule has 2 aromatic carbocycles. The van der Waals surface area contributed by atoms with E-state index in [2.05, 4.69) is 36.6 Å². The molecule has 0 aliphatic carbocycles. The molecule has 2 aromatic heterocycles. The maximum atomic E-state index is 12.4. The normalized spacial score (nSPS) is 11.5. The summed E-state index contributed by atoms with van der Waals surface area (Å²) in [6, 6.07) is 18.0. The van der Waals surface area contributed by atoms with Crippen molar-refractivity contribution in [1.29, 1.82) is 0 Å². The lowest BCUT2D eigenvalue weighted by Crippen LogP contribution is -2.11. The van der Waals surface area contributed by atoms with E-state index in [4.69, 9.17) is 21.3 Å². The van der Waals surface area contributed by atoms with Crippen molar-refractivity contribution in [3.05, 3.63) is 76.6 Å². The van der Waals surface area contributed by atoms with E-state index in [0.29, 0.717) is 18.8 Å². The summed E-state index contributed by atoms with van der Waals surface area (Å²) < 4.78 is 7.49. The summed E-state index contributed by atoms with van der Waals surface area (Å²) in [7, 11) is 0. The van der Waals surface area contributed by atoms with Gasteiger partial charge in [0.2, 0.25) is 0 Å². The minimum Gasteiger partial charge on any atom is -0.461 e. The highest BCUT2D eigenvalue weighted by Gasteiger charge is 2.21. The smallest absolute Gasteiger partial charge is 0.356 e. The molecule has 0 spiro atoms. The molecule has 4 rings (SSSR count). The third-order valence-electron chi connectivity index (χ3n) is 5.04. The Morgan fingerprint density at radius 2 is 1.90 bits per heavy atom. The van der Waals surface area contributed by atoms with E-state index >= 15 is 0 Å². The summed E-state index contributed by atoms with van der Waals surface area (Å²) in [6.45, 7) is 6.99. The molecule has 0 aliphatic heterocycles. The lowest BCUT2D eigenvalue weighted by atomic mass is 10.0. The number of hydrogen-bond acceptors (Lipinski definition) is 3. The summed E-state index contributed by atoms with van der Waals surface area (Å²) in [5, 5.41) is 2.83. The van der Waals surface area contributed by atoms with Gasteiger partial charge >= 0.3 is 5.97 Å². The van der Waals surface area contributed by atoms with Crippen molar-refractivity contribution in [3.63, 3.8) is 0 Å². The lowest BCUT2D eigenvalue weighted by molar-refractivity contribution is 0.0519. The summed E-state index contributed by atoms with van der Waals surface area (Å²) in [4.78, 5) is 17.1. The molecular formula is C24H23ClN2O2. The molecule has 0 saturated heterocycles. The van der Waals surface area contributed by atoms with Gasteiger partial charge in [-0.2, -0.15) is 0 Å². The van der Waals surface area contributed by atoms with Crippen molar-refractivity contribution in [2.24, 2.45) is 0 Å². The van der Waals surface area contributed by atoms with Crippen molar-refractivity contribution in [2.45, 2.75) is 33.2 Å². The number of carbonyl (C=O) groups is 1. The van der Waals surface area contributed by atoms with Gasteiger partial charge in [0.05, 0.1) is 17.8 Å². The summed E-state index contributed by atoms with van der Waals surface area (Å²) in [5.41, 5.74) is 4.52. The van der Waals surface area contributed by atoms with E-state index in [9.17, 15) is 4.79 Å². The second kappa shape index (κ2) is 7.88. The van der Waals surface area contributed by atoms with Crippen LogP contribution >= 0.6 is 11.6 Å². The molecule has 0 fully saturated rings. The Balaban J connectivity index is 2.02. The van der Waals surface area contributed by atoms with Crippen LogP contribution in [0.4, 0.5) is 0 Å². The standard InChI is InChI=1S/C24H23ClN2O2/c1-4-29-24(28)20-13-19-18-10-5-6-11-21(18)27(23(19)22(26-20)15(2)3)14-16-8-7-9-17(25)12-16/h5-13,15H,4,14H2,1-3H3. The Kier molecular flexibility index (Phi) is 5.29. The SMILES string of the molecule is CCOC(=O)c1cc2c3ccccc3n(Cc3cccc(Cl)c3)c2c(C(C)C)n1. The van der Waals surface area contributed by atoms with Gasteiger partial charge in [-0.3, -0.25) is 0 Å². The number of para-hydroxylation sites is 1. The number of nitrogens with zero attached hydrogens (tertiary/aromatic N) is 2. The van der Waals surface area contributed by atoms with E-state index in [1.54, 1.807) is 6.92 Å². The number of halogens is 1. The third kappa shape index (κ3) is 3.60. The highest BCUT2D eigenvalue weighted by molar-refractivity contribution is 6.30. The predicted molar refractivity (Wildman–Crippen MR) is 118 cm³/mol. The van der Waals surface area contributed by atoms with E-state index in [1.165, 1.54) is 0 Å². The Hall–Kier alpha value is -2.85. The van der Waals surface area contributed by atoms with Crippen molar-refractivity contribution >= 4 is 39.4 Å². The number of rotatable bonds is 5. The first-order valence-corrected chi connectivity index (χ1v) is 10.2. The van der Waals surface area contributed by atoms with Crippen LogP contribution in [0.25, 0.3) is 21.8 Å². The van der Waals surface area contributed by atoms with Crippen LogP contribution < -0.4 is 0 Å². The zero-order chi connectivity index (χ0) is 20.5. The molecule has 148 valence electrons. The van der Waals surface area contributed by atoms with Crippen LogP contribution in [0.2, 0.25) is 5.02 Å². The number of fused-ring (bicyclic) bond motifs is 3. The van der Waals surface area contributed by atoms with Crippen molar-refractivity contribution < 1.29 is 9.53 Å². The number of esters is 1. The zero-order valence-corrected chi connectivity index (χ0v) is 17.5. The van der Waals surface area contributed by atoms with Gasteiger partial charge in [-0.15, -0.1) is 0 Å². The number of hydrogen-bond donors (Lipinski definition) is 0. The fourth-order valence-electron chi connectivity index (χ4n) is 3.80. The molecule has 0 unspecified atom stereocenters. The van der Waals surface area contributed by atoms with Gasteiger partial charge < -0.3 is 9.30 Å². The van der Waals surface area contributed by atoms with Crippen LogP contribution in [0, 0.1) is 0 Å². The van der Waals surface area contributed by atoms with Crippen molar-refractivity contribution in [3.8, 4) is 0 Å². The van der Waals surface area contributed by atoms with Crippen LogP contribution in [-0.4, -0.2) is 22.1 Å². The minimum atomic E-state index is -0.386. The predicted octanol–water partition coefficient (Wildman–Crippen LogP) is 6.19. The second-order valence-corrected chi connectivity index (χ2v) is 7.83. The Bertz CT molecular complexity index is 1210. The van der Waals surface area contributed by atoms with Gasteiger partial charge in [-0.25, -0.2) is 9.78 Å². The fraction of sp³-hybridized carbons (Fsp3) is 0.250. The van der Waals surface area contributed by atoms with E-state index in [-0.39, 0.29) is 11.9 Å².